The predicted octanol–water partition coefficient (Wildman–Crippen LogP) is 2.63. The zero-order chi connectivity index (χ0) is 12.6. The predicted molar refractivity (Wildman–Crippen MR) is 69.8 cm³/mol. The van der Waals surface area contributed by atoms with E-state index in [0.29, 0.717) is 0 Å². The van der Waals surface area contributed by atoms with Crippen LogP contribution in [0.5, 0.6) is 0 Å². The average molecular weight is 241 g/mol. The van der Waals surface area contributed by atoms with Crippen molar-refractivity contribution in [2.24, 2.45) is 5.41 Å². The first-order chi connectivity index (χ1) is 8.25. The number of unbranched alkanes of at least 4 members (excludes halogenated alkanes) is 3. The number of aliphatic hydroxyl groups is 1. The number of amides is 1. The Balaban J connectivity index is 2.15. The number of hydrogen-bond acceptors (Lipinski definition) is 2. The zero-order valence-corrected chi connectivity index (χ0v) is 11.1. The minimum atomic E-state index is -0.0505. The van der Waals surface area contributed by atoms with Crippen LogP contribution in [-0.2, 0) is 4.79 Å². The summed E-state index contributed by atoms with van der Waals surface area (Å²) in [5.74, 6) is 0.277. The molecule has 2 N–H and O–H groups in total. The molecule has 0 aliphatic heterocycles. The van der Waals surface area contributed by atoms with Crippen molar-refractivity contribution in [3.63, 3.8) is 0 Å². The maximum absolute atomic E-state index is 12.1. The van der Waals surface area contributed by atoms with E-state index in [1.807, 2.05) is 0 Å². The van der Waals surface area contributed by atoms with Gasteiger partial charge in [-0.05, 0) is 32.1 Å². The van der Waals surface area contributed by atoms with Crippen LogP contribution in [0.3, 0.4) is 0 Å². The summed E-state index contributed by atoms with van der Waals surface area (Å²) < 4.78 is 0. The van der Waals surface area contributed by atoms with Crippen molar-refractivity contribution < 1.29 is 9.90 Å². The number of hydrogen-bond donors (Lipinski definition) is 2. The number of nitrogens with one attached hydrogen (secondary N) is 1. The van der Waals surface area contributed by atoms with Crippen molar-refractivity contribution in [1.29, 1.82) is 0 Å². The highest BCUT2D eigenvalue weighted by Crippen LogP contribution is 2.40. The van der Waals surface area contributed by atoms with Crippen LogP contribution in [-0.4, -0.2) is 24.2 Å². The van der Waals surface area contributed by atoms with Crippen molar-refractivity contribution in [3.05, 3.63) is 0 Å². The number of rotatable bonds is 8. The Kier molecular flexibility index (Phi) is 6.56. The first-order valence-electron chi connectivity index (χ1n) is 7.14. The molecular weight excluding hydrogens is 214 g/mol. The molecule has 1 fully saturated rings. The SMILES string of the molecule is CCC1(C(=O)NCCCCCCO)CCCC1. The van der Waals surface area contributed by atoms with E-state index in [4.69, 9.17) is 5.11 Å². The molecule has 1 aliphatic rings. The highest BCUT2D eigenvalue weighted by molar-refractivity contribution is 5.82. The molecule has 3 nitrogen and oxygen atoms in total. The zero-order valence-electron chi connectivity index (χ0n) is 11.1. The summed E-state index contributed by atoms with van der Waals surface area (Å²) in [7, 11) is 0. The quantitative estimate of drug-likeness (QED) is 0.642. The molecule has 0 radical (unpaired) electrons. The molecule has 0 aromatic rings. The van der Waals surface area contributed by atoms with E-state index >= 15 is 0 Å². The lowest BCUT2D eigenvalue weighted by Gasteiger charge is -2.25. The molecule has 0 aromatic carbocycles. The lowest BCUT2D eigenvalue weighted by atomic mass is 9.82. The first-order valence-corrected chi connectivity index (χ1v) is 7.14. The minimum Gasteiger partial charge on any atom is -0.396 e. The summed E-state index contributed by atoms with van der Waals surface area (Å²) in [6.07, 6.45) is 9.60. The van der Waals surface area contributed by atoms with E-state index in [0.717, 1.165) is 51.5 Å². The topological polar surface area (TPSA) is 49.3 Å². The summed E-state index contributed by atoms with van der Waals surface area (Å²) in [6.45, 7) is 3.21. The minimum absolute atomic E-state index is 0.0505. The van der Waals surface area contributed by atoms with Gasteiger partial charge in [0, 0.05) is 18.6 Å². The molecule has 1 amide bonds. The molecule has 100 valence electrons. The van der Waals surface area contributed by atoms with Gasteiger partial charge >= 0.3 is 0 Å². The van der Waals surface area contributed by atoms with Crippen molar-refractivity contribution in [2.45, 2.75) is 64.7 Å². The average Bonchev–Trinajstić information content (AvgIpc) is 2.83. The van der Waals surface area contributed by atoms with Gasteiger partial charge in [0.1, 0.15) is 0 Å². The van der Waals surface area contributed by atoms with Gasteiger partial charge in [-0.15, -0.1) is 0 Å². The second-order valence-corrected chi connectivity index (χ2v) is 5.23. The van der Waals surface area contributed by atoms with Crippen molar-refractivity contribution >= 4 is 5.91 Å². The monoisotopic (exact) mass is 241 g/mol. The third kappa shape index (κ3) is 4.30. The van der Waals surface area contributed by atoms with Crippen LogP contribution in [0.4, 0.5) is 0 Å². The maximum Gasteiger partial charge on any atom is 0.226 e. The summed E-state index contributed by atoms with van der Waals surface area (Å²) in [5, 5.41) is 11.7. The van der Waals surface area contributed by atoms with Gasteiger partial charge in [-0.25, -0.2) is 0 Å². The standard InChI is InChI=1S/C14H27NO2/c1-2-14(9-5-6-10-14)13(17)15-11-7-3-4-8-12-16/h16H,2-12H2,1H3,(H,15,17). The van der Waals surface area contributed by atoms with Crippen LogP contribution in [0.1, 0.15) is 64.7 Å². The Hall–Kier alpha value is -0.570. The third-order valence-electron chi connectivity index (χ3n) is 4.09. The summed E-state index contributed by atoms with van der Waals surface area (Å²) in [6, 6.07) is 0. The molecular formula is C14H27NO2. The highest BCUT2D eigenvalue weighted by Gasteiger charge is 2.38. The summed E-state index contributed by atoms with van der Waals surface area (Å²) >= 11 is 0. The molecule has 1 saturated carbocycles. The second-order valence-electron chi connectivity index (χ2n) is 5.23. The van der Waals surface area contributed by atoms with E-state index in [2.05, 4.69) is 12.2 Å². The Labute approximate surface area is 105 Å². The van der Waals surface area contributed by atoms with Gasteiger partial charge in [0.25, 0.3) is 0 Å². The van der Waals surface area contributed by atoms with Crippen molar-refractivity contribution in [1.82, 2.24) is 5.32 Å². The Morgan fingerprint density at radius 2 is 1.82 bits per heavy atom. The van der Waals surface area contributed by atoms with Crippen LogP contribution in [0.2, 0.25) is 0 Å². The number of carbonyl (C=O) groups excluding carboxylic acids is 1. The van der Waals surface area contributed by atoms with Gasteiger partial charge in [0.05, 0.1) is 0 Å². The van der Waals surface area contributed by atoms with Crippen LogP contribution >= 0.6 is 0 Å². The van der Waals surface area contributed by atoms with Crippen LogP contribution in [0.15, 0.2) is 0 Å². The Bertz CT molecular complexity index is 222. The van der Waals surface area contributed by atoms with Crippen LogP contribution in [0, 0.1) is 5.41 Å². The molecule has 3 heteroatoms. The number of carbonyl (C=O) groups is 1. The van der Waals surface area contributed by atoms with Crippen LogP contribution in [0.25, 0.3) is 0 Å². The molecule has 1 aliphatic carbocycles. The van der Waals surface area contributed by atoms with E-state index in [1.165, 1.54) is 12.8 Å². The second kappa shape index (κ2) is 7.70. The van der Waals surface area contributed by atoms with Gasteiger partial charge in [0.2, 0.25) is 5.91 Å². The smallest absolute Gasteiger partial charge is 0.226 e. The van der Waals surface area contributed by atoms with Crippen LogP contribution < -0.4 is 5.32 Å². The summed E-state index contributed by atoms with van der Waals surface area (Å²) in [4.78, 5) is 12.1. The lowest BCUT2D eigenvalue weighted by molar-refractivity contribution is -0.131. The van der Waals surface area contributed by atoms with Gasteiger partial charge < -0.3 is 10.4 Å². The molecule has 0 unspecified atom stereocenters. The molecule has 0 saturated heterocycles. The van der Waals surface area contributed by atoms with Gasteiger partial charge in [-0.3, -0.25) is 4.79 Å². The molecule has 1 rings (SSSR count). The number of aliphatic hydroxyl groups excluding tert-OH is 1. The lowest BCUT2D eigenvalue weighted by Crippen LogP contribution is -2.39. The van der Waals surface area contributed by atoms with Crippen molar-refractivity contribution in [2.75, 3.05) is 13.2 Å². The maximum atomic E-state index is 12.1. The largest absolute Gasteiger partial charge is 0.396 e. The van der Waals surface area contributed by atoms with Gasteiger partial charge in [0.15, 0.2) is 0 Å². The normalized spacial score (nSPS) is 18.2. The Morgan fingerprint density at radius 1 is 1.18 bits per heavy atom. The van der Waals surface area contributed by atoms with E-state index in [-0.39, 0.29) is 17.9 Å². The van der Waals surface area contributed by atoms with Gasteiger partial charge in [-0.1, -0.05) is 32.6 Å². The highest BCUT2D eigenvalue weighted by atomic mass is 16.2. The Morgan fingerprint density at radius 3 is 2.41 bits per heavy atom. The third-order valence-corrected chi connectivity index (χ3v) is 4.09. The fraction of sp³-hybridized carbons (Fsp3) is 0.929. The van der Waals surface area contributed by atoms with Gasteiger partial charge in [-0.2, -0.15) is 0 Å². The molecule has 0 bridgehead atoms. The fourth-order valence-electron chi connectivity index (χ4n) is 2.77. The summed E-state index contributed by atoms with van der Waals surface area (Å²) in [5.41, 5.74) is -0.0505. The van der Waals surface area contributed by atoms with E-state index < -0.39 is 0 Å². The molecule has 0 aromatic heterocycles. The molecule has 17 heavy (non-hydrogen) atoms. The van der Waals surface area contributed by atoms with E-state index in [1.54, 1.807) is 0 Å². The molecule has 0 heterocycles. The molecule has 0 atom stereocenters. The van der Waals surface area contributed by atoms with Crippen molar-refractivity contribution in [3.8, 4) is 0 Å². The molecule has 0 spiro atoms. The first kappa shape index (κ1) is 14.5. The fourth-order valence-corrected chi connectivity index (χ4v) is 2.77. The van der Waals surface area contributed by atoms with E-state index in [9.17, 15) is 4.79 Å².